The molecular formula is C86H96F5N23O8. The maximum absolute atomic E-state index is 14.7. The van der Waals surface area contributed by atoms with E-state index in [9.17, 15) is 36.3 Å². The lowest BCUT2D eigenvalue weighted by Gasteiger charge is -2.31. The van der Waals surface area contributed by atoms with Crippen molar-refractivity contribution in [3.8, 4) is 51.0 Å². The summed E-state index contributed by atoms with van der Waals surface area (Å²) < 4.78 is 109. The molecule has 9 aromatic heterocycles. The Hall–Kier alpha value is -12.3. The van der Waals surface area contributed by atoms with Crippen molar-refractivity contribution >= 4 is 35.5 Å². The molecule has 0 saturated carbocycles. The Balaban J connectivity index is 0.000000136. The van der Waals surface area contributed by atoms with Gasteiger partial charge in [-0.15, -0.1) is 0 Å². The average Bonchev–Trinajstić information content (AvgIpc) is 1.61. The van der Waals surface area contributed by atoms with Crippen LogP contribution in [0.15, 0.2) is 171 Å². The van der Waals surface area contributed by atoms with Crippen LogP contribution >= 0.6 is 0 Å². The van der Waals surface area contributed by atoms with E-state index >= 15 is 0 Å². The molecule has 6 atom stereocenters. The molecule has 12 aromatic rings. The number of aromatic nitrogens is 14. The van der Waals surface area contributed by atoms with Crippen molar-refractivity contribution in [1.82, 2.24) is 98.4 Å². The van der Waals surface area contributed by atoms with Gasteiger partial charge in [-0.05, 0) is 94.3 Å². The Morgan fingerprint density at radius 2 is 0.918 bits per heavy atom. The molecule has 15 heterocycles. The number of alkyl halides is 1. The number of carbonyl (C=O) groups is 3. The van der Waals surface area contributed by atoms with Crippen LogP contribution in [0, 0.1) is 44.0 Å². The van der Waals surface area contributed by atoms with Gasteiger partial charge in [-0.25, -0.2) is 60.3 Å². The maximum atomic E-state index is 14.7. The SMILES string of the molecule is COCCN1CC(NC(=O)Nc2c(C)c(-c3cc4n(n3)CCC4)nn2-c2ccccc2)C(n2ccc(F)c2)C1.COCCN1CC(NC(=O)Nc2c(C)c(-c3cnc(C4(F)COC4)nc3)nn2-c2ccccc2)C(n2cc(F)c(F)c2)C1.COCCN1CC(NC(=O)Nc2c(C)c(-c3cnc4c(c3)COC4)nn2-c2ccccc2)C(n2ccc(F)c2)C1. The van der Waals surface area contributed by atoms with Crippen molar-refractivity contribution in [3.05, 3.63) is 234 Å². The molecule has 0 radical (unpaired) electrons. The zero-order valence-corrected chi connectivity index (χ0v) is 68.3. The zero-order valence-electron chi connectivity index (χ0n) is 68.3. The summed E-state index contributed by atoms with van der Waals surface area (Å²) in [6.45, 7) is 14.7. The number of likely N-dealkylation sites (tertiary alicyclic amines) is 3. The van der Waals surface area contributed by atoms with E-state index in [1.807, 2.05) is 119 Å². The third-order valence-electron chi connectivity index (χ3n) is 22.9. The van der Waals surface area contributed by atoms with Gasteiger partial charge in [0.05, 0.1) is 111 Å². The molecule has 6 aliphatic heterocycles. The molecule has 6 N–H and O–H groups in total. The van der Waals surface area contributed by atoms with Gasteiger partial charge in [-0.1, -0.05) is 54.6 Å². The second-order valence-corrected chi connectivity index (χ2v) is 31.2. The normalized spacial score (nSPS) is 19.1. The van der Waals surface area contributed by atoms with Gasteiger partial charge in [0, 0.05) is 182 Å². The number of para-hydroxylation sites is 3. The number of rotatable bonds is 25. The fraction of sp³-hybridized carbons (Fsp3) is 0.372. The van der Waals surface area contributed by atoms with Crippen molar-refractivity contribution in [1.29, 1.82) is 0 Å². The molecular weight excluding hydrogens is 1580 g/mol. The van der Waals surface area contributed by atoms with E-state index in [-0.39, 0.29) is 66.9 Å². The van der Waals surface area contributed by atoms with E-state index in [0.717, 1.165) is 101 Å². The highest BCUT2D eigenvalue weighted by Gasteiger charge is 2.44. The molecule has 638 valence electrons. The van der Waals surface area contributed by atoms with Crippen LogP contribution in [-0.4, -0.2) is 232 Å². The number of benzene rings is 3. The number of fused-ring (bicyclic) bond motifs is 2. The number of carbonyl (C=O) groups excluding carboxylic acids is 3. The predicted octanol–water partition coefficient (Wildman–Crippen LogP) is 11.1. The zero-order chi connectivity index (χ0) is 84.7. The molecule has 3 aromatic carbocycles. The second kappa shape index (κ2) is 37.0. The van der Waals surface area contributed by atoms with Crippen LogP contribution in [0.2, 0.25) is 0 Å². The number of hydrogen-bond donors (Lipinski definition) is 6. The van der Waals surface area contributed by atoms with Crippen LogP contribution in [0.5, 0.6) is 0 Å². The smallest absolute Gasteiger partial charge is 0.320 e. The lowest BCUT2D eigenvalue weighted by Crippen LogP contribution is -2.43. The van der Waals surface area contributed by atoms with E-state index in [4.69, 9.17) is 44.1 Å². The number of methoxy groups -OCH3 is 3. The lowest BCUT2D eigenvalue weighted by atomic mass is 10.0. The van der Waals surface area contributed by atoms with Crippen LogP contribution in [0.4, 0.5) is 53.8 Å². The molecule has 122 heavy (non-hydrogen) atoms. The summed E-state index contributed by atoms with van der Waals surface area (Å²) in [5, 5.41) is 37.6. The minimum Gasteiger partial charge on any atom is -0.383 e. The van der Waals surface area contributed by atoms with E-state index in [1.165, 1.54) is 47.2 Å². The number of urea groups is 3. The highest BCUT2D eigenvalue weighted by molar-refractivity contribution is 5.93. The van der Waals surface area contributed by atoms with Crippen molar-refractivity contribution in [2.75, 3.05) is 129 Å². The monoisotopic (exact) mass is 1670 g/mol. The third-order valence-corrected chi connectivity index (χ3v) is 22.9. The van der Waals surface area contributed by atoms with Gasteiger partial charge in [0.15, 0.2) is 17.5 Å². The summed E-state index contributed by atoms with van der Waals surface area (Å²) in [7, 11) is 4.93. The minimum atomic E-state index is -1.70. The van der Waals surface area contributed by atoms with Crippen LogP contribution in [0.3, 0.4) is 0 Å². The van der Waals surface area contributed by atoms with E-state index in [1.54, 1.807) is 60.9 Å². The number of amides is 6. The Kier molecular flexibility index (Phi) is 25.3. The molecule has 0 aliphatic carbocycles. The Bertz CT molecular complexity index is 5600. The largest absolute Gasteiger partial charge is 0.383 e. The molecule has 0 bridgehead atoms. The molecule has 18 rings (SSSR count). The van der Waals surface area contributed by atoms with E-state index in [2.05, 4.69) is 73.7 Å². The van der Waals surface area contributed by atoms with E-state index in [0.29, 0.717) is 119 Å². The summed E-state index contributed by atoms with van der Waals surface area (Å²) in [6.07, 6.45) is 15.5. The molecule has 0 spiro atoms. The topological polar surface area (TPSA) is 304 Å². The number of aryl methyl sites for hydroxylation is 2. The van der Waals surface area contributed by atoms with E-state index < -0.39 is 35.4 Å². The first-order chi connectivity index (χ1) is 59.2. The first-order valence-electron chi connectivity index (χ1n) is 40.5. The van der Waals surface area contributed by atoms with Gasteiger partial charge in [0.2, 0.25) is 5.67 Å². The van der Waals surface area contributed by atoms with Crippen LogP contribution in [-0.2, 0) is 55.5 Å². The van der Waals surface area contributed by atoms with Crippen LogP contribution in [0.1, 0.15) is 64.0 Å². The Morgan fingerprint density at radius 1 is 0.492 bits per heavy atom. The summed E-state index contributed by atoms with van der Waals surface area (Å²) in [5.41, 5.74) is 10.3. The molecule has 6 aliphatic rings. The first kappa shape index (κ1) is 83.4. The van der Waals surface area contributed by atoms with Crippen LogP contribution in [0.25, 0.3) is 51.0 Å². The van der Waals surface area contributed by atoms with Gasteiger partial charge >= 0.3 is 18.1 Å². The number of hydrogen-bond acceptors (Lipinski definition) is 18. The number of anilines is 3. The molecule has 6 amide bonds. The molecule has 31 nitrogen and oxygen atoms in total. The van der Waals surface area contributed by atoms with Gasteiger partial charge in [-0.2, -0.15) is 20.4 Å². The highest BCUT2D eigenvalue weighted by atomic mass is 19.2. The molecule has 4 fully saturated rings. The van der Waals surface area contributed by atoms with Crippen LogP contribution < -0.4 is 31.9 Å². The molecule has 36 heteroatoms. The number of nitrogens with one attached hydrogen (secondary N) is 6. The van der Waals surface area contributed by atoms with Gasteiger partial charge in [0.25, 0.3) is 0 Å². The van der Waals surface area contributed by atoms with Crippen molar-refractivity contribution in [3.63, 3.8) is 0 Å². The second-order valence-electron chi connectivity index (χ2n) is 31.2. The minimum absolute atomic E-state index is 0.0495. The van der Waals surface area contributed by atoms with Gasteiger partial charge < -0.3 is 53.3 Å². The maximum Gasteiger partial charge on any atom is 0.320 e. The number of pyridine rings is 1. The highest BCUT2D eigenvalue weighted by Crippen LogP contribution is 2.38. The third kappa shape index (κ3) is 18.3. The standard InChI is InChI=1S/C29H31F3N8O3.C29H32FN7O3.C28H33FN8O2/c1-18-25(19-10-33-27(34-11-19)29(32)16-43-17-29)37-40(20-6-4-3-5-7-20)26(18)36-28(41)35-23-14-38(8-9-42-2)15-24(23)39-12-21(30)22(31)13-39;1-19-27(20-12-21-17-40-18-25(21)31-13-20)34-37(23-6-4-3-5-7-23)28(19)33-29(38)32-24-15-35(10-11-39-2)16-26(24)36-9-8-22(30)14-36;1-19-26(23-15-22-9-6-11-36(22)32-23)33-37(21-7-4-3-5-8-21)27(19)31-28(38)30-24-17-34(13-14-39-2)18-25(24)35-12-10-20(29)16-35/h3-7,10-13,23-24H,8-9,14-17H2,1-2H3,(H2,35,36,41);3-9,12-14,24,26H,10-11,15-18H2,1-2H3,(H2,32,33,38);3-5,7-8,10,12,15-16,24-25H,6,9,11,13-14,17-18H2,1-2H3,(H2,30,31,38). The fourth-order valence-electron chi connectivity index (χ4n) is 16.5. The lowest BCUT2D eigenvalue weighted by molar-refractivity contribution is -0.140. The van der Waals surface area contributed by atoms with Crippen molar-refractivity contribution in [2.45, 2.75) is 95.3 Å². The quantitative estimate of drug-likeness (QED) is 0.0290. The predicted molar refractivity (Wildman–Crippen MR) is 444 cm³/mol. The summed E-state index contributed by atoms with van der Waals surface area (Å²) in [4.78, 5) is 59.9. The van der Waals surface area contributed by atoms with Gasteiger partial charge in [-0.3, -0.25) is 40.3 Å². The van der Waals surface area contributed by atoms with Crippen molar-refractivity contribution < 1.29 is 60.0 Å². The Labute approximate surface area is 700 Å². The number of ether oxygens (including phenoxy) is 5. The first-order valence-corrected chi connectivity index (χ1v) is 40.5. The summed E-state index contributed by atoms with van der Waals surface area (Å²) in [5.74, 6) is -0.904. The molecule has 4 saturated heterocycles. The van der Waals surface area contributed by atoms with Crippen molar-refractivity contribution in [2.24, 2.45) is 0 Å². The fourth-order valence-corrected chi connectivity index (χ4v) is 16.5. The average molecular weight is 1670 g/mol. The summed E-state index contributed by atoms with van der Waals surface area (Å²) in [6, 6.07) is 32.9. The number of nitrogens with zero attached hydrogens (tertiary/aromatic N) is 17. The summed E-state index contributed by atoms with van der Waals surface area (Å²) >= 11 is 0. The number of halogens is 5. The molecule has 6 unspecified atom stereocenters. The van der Waals surface area contributed by atoms with Gasteiger partial charge in [0.1, 0.15) is 46.2 Å². The Morgan fingerprint density at radius 3 is 1.34 bits per heavy atom.